The maximum Gasteiger partial charge on any atom is 0.238 e. The van der Waals surface area contributed by atoms with Crippen LogP contribution in [0.4, 0.5) is 5.69 Å². The van der Waals surface area contributed by atoms with Gasteiger partial charge in [0.25, 0.3) is 0 Å². The Labute approximate surface area is 143 Å². The van der Waals surface area contributed by atoms with E-state index in [-0.39, 0.29) is 18.6 Å². The van der Waals surface area contributed by atoms with Crippen LogP contribution in [0.5, 0.6) is 0 Å². The van der Waals surface area contributed by atoms with Crippen LogP contribution in [0.25, 0.3) is 0 Å². The van der Waals surface area contributed by atoms with Crippen molar-refractivity contribution < 1.29 is 9.90 Å². The van der Waals surface area contributed by atoms with E-state index in [1.807, 2.05) is 19.1 Å². The Hall–Kier alpha value is -1.14. The number of carbonyl (C=O) groups excluding carboxylic acids is 1. The Morgan fingerprint density at radius 1 is 1.35 bits per heavy atom. The highest BCUT2D eigenvalue weighted by Crippen LogP contribution is 2.25. The molecule has 5 nitrogen and oxygen atoms in total. The molecule has 1 aromatic carbocycles. The van der Waals surface area contributed by atoms with Gasteiger partial charge in [-0.15, -0.1) is 0 Å². The van der Waals surface area contributed by atoms with Gasteiger partial charge in [-0.25, -0.2) is 0 Å². The topological polar surface area (TPSA) is 55.8 Å². The third-order valence-corrected chi connectivity index (χ3v) is 4.77. The number of para-hydroxylation sites is 1. The molecule has 23 heavy (non-hydrogen) atoms. The molecule has 1 heterocycles. The van der Waals surface area contributed by atoms with Gasteiger partial charge in [0.1, 0.15) is 0 Å². The summed E-state index contributed by atoms with van der Waals surface area (Å²) in [5.41, 5.74) is 1.66. The zero-order valence-electron chi connectivity index (χ0n) is 13.9. The lowest BCUT2D eigenvalue weighted by Crippen LogP contribution is -2.52. The molecular formula is C17H26ClN3O2. The summed E-state index contributed by atoms with van der Waals surface area (Å²) in [6.45, 7) is 8.04. The highest BCUT2D eigenvalue weighted by molar-refractivity contribution is 6.33. The van der Waals surface area contributed by atoms with Gasteiger partial charge in [-0.3, -0.25) is 14.6 Å². The average molecular weight is 340 g/mol. The van der Waals surface area contributed by atoms with Crippen LogP contribution in [0.1, 0.15) is 18.9 Å². The summed E-state index contributed by atoms with van der Waals surface area (Å²) in [5, 5.41) is 12.9. The van der Waals surface area contributed by atoms with Gasteiger partial charge >= 0.3 is 0 Å². The number of rotatable bonds is 6. The highest BCUT2D eigenvalue weighted by atomic mass is 35.5. The molecule has 0 bridgehead atoms. The number of hydrogen-bond acceptors (Lipinski definition) is 4. The van der Waals surface area contributed by atoms with Gasteiger partial charge in [0, 0.05) is 32.2 Å². The third-order valence-electron chi connectivity index (χ3n) is 4.46. The van der Waals surface area contributed by atoms with E-state index in [0.29, 0.717) is 17.3 Å². The van der Waals surface area contributed by atoms with Crippen molar-refractivity contribution in [1.82, 2.24) is 9.80 Å². The molecule has 0 radical (unpaired) electrons. The van der Waals surface area contributed by atoms with Gasteiger partial charge < -0.3 is 10.4 Å². The fraction of sp³-hybridized carbons (Fsp3) is 0.588. The number of nitrogens with one attached hydrogen (secondary N) is 1. The van der Waals surface area contributed by atoms with Crippen LogP contribution >= 0.6 is 11.6 Å². The predicted molar refractivity (Wildman–Crippen MR) is 94.0 cm³/mol. The van der Waals surface area contributed by atoms with Crippen LogP contribution in [0.3, 0.4) is 0 Å². The van der Waals surface area contributed by atoms with Crippen molar-refractivity contribution in [2.45, 2.75) is 26.3 Å². The van der Waals surface area contributed by atoms with E-state index in [1.165, 1.54) is 0 Å². The number of aliphatic hydroxyl groups excluding tert-OH is 1. The first kappa shape index (κ1) is 18.2. The van der Waals surface area contributed by atoms with Crippen molar-refractivity contribution in [1.29, 1.82) is 0 Å². The van der Waals surface area contributed by atoms with E-state index in [1.54, 1.807) is 6.07 Å². The number of hydrogen-bond donors (Lipinski definition) is 2. The largest absolute Gasteiger partial charge is 0.395 e. The Morgan fingerprint density at radius 3 is 2.61 bits per heavy atom. The molecule has 1 aliphatic rings. The second kappa shape index (κ2) is 8.64. The highest BCUT2D eigenvalue weighted by Gasteiger charge is 2.23. The van der Waals surface area contributed by atoms with Crippen LogP contribution in [0.15, 0.2) is 18.2 Å². The summed E-state index contributed by atoms with van der Waals surface area (Å²) >= 11 is 6.14. The molecule has 0 aromatic heterocycles. The first-order valence-corrected chi connectivity index (χ1v) is 8.55. The summed E-state index contributed by atoms with van der Waals surface area (Å²) in [7, 11) is 0. The molecule has 0 aliphatic carbocycles. The van der Waals surface area contributed by atoms with Crippen LogP contribution in [0.2, 0.25) is 5.02 Å². The number of anilines is 1. The second-order valence-electron chi connectivity index (χ2n) is 6.04. The number of carbonyl (C=O) groups is 1. The number of aryl methyl sites for hydroxylation is 1. The first-order chi connectivity index (χ1) is 11.0. The maximum atomic E-state index is 12.2. The van der Waals surface area contributed by atoms with E-state index in [9.17, 15) is 9.90 Å². The SMILES string of the molecule is CCC(CO)N1CCN(CC(=O)Nc2c(C)cccc2Cl)CC1. The molecule has 6 heteroatoms. The van der Waals surface area contributed by atoms with Gasteiger partial charge in [0.05, 0.1) is 23.9 Å². The van der Waals surface area contributed by atoms with Gasteiger partial charge in [0.15, 0.2) is 0 Å². The van der Waals surface area contributed by atoms with E-state index >= 15 is 0 Å². The lowest BCUT2D eigenvalue weighted by atomic mass is 10.1. The van der Waals surface area contributed by atoms with Crippen LogP contribution in [-0.4, -0.2) is 66.2 Å². The Morgan fingerprint density at radius 2 is 2.04 bits per heavy atom. The molecule has 0 spiro atoms. The minimum absolute atomic E-state index is 0.0381. The smallest absolute Gasteiger partial charge is 0.238 e. The van der Waals surface area contributed by atoms with E-state index in [4.69, 9.17) is 11.6 Å². The monoisotopic (exact) mass is 339 g/mol. The van der Waals surface area contributed by atoms with Crippen LogP contribution in [0, 0.1) is 6.92 Å². The zero-order chi connectivity index (χ0) is 16.8. The molecule has 128 valence electrons. The molecular weight excluding hydrogens is 314 g/mol. The van der Waals surface area contributed by atoms with Gasteiger partial charge in [-0.05, 0) is 25.0 Å². The van der Waals surface area contributed by atoms with Gasteiger partial charge in [0.2, 0.25) is 5.91 Å². The third kappa shape index (κ3) is 4.91. The van der Waals surface area contributed by atoms with Crippen molar-refractivity contribution in [3.05, 3.63) is 28.8 Å². The Kier molecular flexibility index (Phi) is 6.84. The molecule has 2 N–H and O–H groups in total. The molecule has 1 unspecified atom stereocenters. The fourth-order valence-corrected chi connectivity index (χ4v) is 3.23. The van der Waals surface area contributed by atoms with E-state index in [0.717, 1.165) is 38.2 Å². The standard InChI is InChI=1S/C17H26ClN3O2/c1-3-14(12-22)21-9-7-20(8-10-21)11-16(23)19-17-13(2)5-4-6-15(17)18/h4-6,14,22H,3,7-12H2,1-2H3,(H,19,23). The van der Waals surface area contributed by atoms with Crippen molar-refractivity contribution in [3.8, 4) is 0 Å². The van der Waals surface area contributed by atoms with Gasteiger partial charge in [-0.2, -0.15) is 0 Å². The summed E-state index contributed by atoms with van der Waals surface area (Å²) in [6, 6.07) is 5.82. The summed E-state index contributed by atoms with van der Waals surface area (Å²) < 4.78 is 0. The minimum Gasteiger partial charge on any atom is -0.395 e. The quantitative estimate of drug-likeness (QED) is 0.832. The number of amides is 1. The van der Waals surface area contributed by atoms with Crippen molar-refractivity contribution in [2.24, 2.45) is 0 Å². The second-order valence-corrected chi connectivity index (χ2v) is 6.44. The lowest BCUT2D eigenvalue weighted by Gasteiger charge is -2.38. The van der Waals surface area contributed by atoms with Crippen molar-refractivity contribution in [2.75, 3.05) is 44.6 Å². The Bertz CT molecular complexity index is 506. The molecule has 1 amide bonds. The predicted octanol–water partition coefficient (Wildman–Crippen LogP) is 1.98. The fourth-order valence-electron chi connectivity index (χ4n) is 2.96. The summed E-state index contributed by atoms with van der Waals surface area (Å²) in [5.74, 6) is -0.0381. The minimum atomic E-state index is -0.0381. The number of benzene rings is 1. The number of piperazine rings is 1. The molecule has 1 fully saturated rings. The van der Waals surface area contributed by atoms with Crippen molar-refractivity contribution >= 4 is 23.2 Å². The first-order valence-electron chi connectivity index (χ1n) is 8.17. The average Bonchev–Trinajstić information content (AvgIpc) is 2.54. The molecule has 0 saturated carbocycles. The zero-order valence-corrected chi connectivity index (χ0v) is 14.6. The normalized spacial score (nSPS) is 17.9. The van der Waals surface area contributed by atoms with E-state index in [2.05, 4.69) is 22.0 Å². The molecule has 1 aromatic rings. The van der Waals surface area contributed by atoms with Crippen LogP contribution < -0.4 is 5.32 Å². The molecule has 1 atom stereocenters. The summed E-state index contributed by atoms with van der Waals surface area (Å²) in [6.07, 6.45) is 0.947. The number of aliphatic hydroxyl groups is 1. The lowest BCUT2D eigenvalue weighted by molar-refractivity contribution is -0.117. The van der Waals surface area contributed by atoms with E-state index < -0.39 is 0 Å². The van der Waals surface area contributed by atoms with Crippen molar-refractivity contribution in [3.63, 3.8) is 0 Å². The van der Waals surface area contributed by atoms with Crippen LogP contribution in [-0.2, 0) is 4.79 Å². The molecule has 2 rings (SSSR count). The molecule has 1 saturated heterocycles. The number of nitrogens with zero attached hydrogens (tertiary/aromatic N) is 2. The Balaban J connectivity index is 1.83. The van der Waals surface area contributed by atoms with Gasteiger partial charge in [-0.1, -0.05) is 30.7 Å². The number of halogens is 1. The molecule has 1 aliphatic heterocycles. The summed E-state index contributed by atoms with van der Waals surface area (Å²) in [4.78, 5) is 16.7. The maximum absolute atomic E-state index is 12.2.